The van der Waals surface area contributed by atoms with Gasteiger partial charge in [0.2, 0.25) is 0 Å². The standard InChI is InChI=1S/C6H8BrN3/c1-10-6(8)5(2-3-7)4-9-10/h2-4H,8H2,1H3/b3-2+. The molecule has 0 atom stereocenters. The molecular formula is C6H8BrN3. The van der Waals surface area contributed by atoms with E-state index in [1.165, 1.54) is 0 Å². The Hall–Kier alpha value is -0.770. The molecule has 0 spiro atoms. The molecule has 1 rings (SSSR count). The smallest absolute Gasteiger partial charge is 0.128 e. The maximum absolute atomic E-state index is 5.62. The predicted octanol–water partition coefficient (Wildman–Crippen LogP) is 1.37. The zero-order valence-corrected chi connectivity index (χ0v) is 7.17. The van der Waals surface area contributed by atoms with Gasteiger partial charge in [-0.05, 0) is 11.1 Å². The van der Waals surface area contributed by atoms with Crippen LogP contribution in [0.25, 0.3) is 6.08 Å². The Morgan fingerprint density at radius 2 is 2.50 bits per heavy atom. The lowest BCUT2D eigenvalue weighted by Crippen LogP contribution is -1.97. The van der Waals surface area contributed by atoms with Crippen LogP contribution >= 0.6 is 15.9 Å². The second kappa shape index (κ2) is 2.88. The number of hydrogen-bond donors (Lipinski definition) is 1. The molecule has 2 N–H and O–H groups in total. The molecule has 0 aliphatic heterocycles. The number of halogens is 1. The maximum atomic E-state index is 5.62. The Balaban J connectivity index is 3.05. The number of anilines is 1. The zero-order chi connectivity index (χ0) is 7.56. The van der Waals surface area contributed by atoms with Gasteiger partial charge < -0.3 is 5.73 Å². The molecule has 0 aliphatic carbocycles. The predicted molar refractivity (Wildman–Crippen MR) is 45.6 cm³/mol. The summed E-state index contributed by atoms with van der Waals surface area (Å²) in [4.78, 5) is 1.75. The molecule has 0 radical (unpaired) electrons. The van der Waals surface area contributed by atoms with E-state index in [1.54, 1.807) is 22.9 Å². The summed E-state index contributed by atoms with van der Waals surface area (Å²) in [6.07, 6.45) is 3.56. The Morgan fingerprint density at radius 1 is 1.80 bits per heavy atom. The summed E-state index contributed by atoms with van der Waals surface area (Å²) in [5.74, 6) is 0.677. The fourth-order valence-electron chi connectivity index (χ4n) is 0.660. The van der Waals surface area contributed by atoms with Crippen LogP contribution in [0.15, 0.2) is 11.2 Å². The summed E-state index contributed by atoms with van der Waals surface area (Å²) in [7, 11) is 1.81. The van der Waals surface area contributed by atoms with Gasteiger partial charge in [-0.2, -0.15) is 5.10 Å². The van der Waals surface area contributed by atoms with E-state index >= 15 is 0 Å². The molecule has 0 bridgehead atoms. The molecule has 0 aromatic carbocycles. The average Bonchev–Trinajstić information content (AvgIpc) is 2.20. The SMILES string of the molecule is Cn1ncc(/C=C/Br)c1N. The second-order valence-electron chi connectivity index (χ2n) is 1.90. The van der Waals surface area contributed by atoms with Gasteiger partial charge >= 0.3 is 0 Å². The first-order chi connectivity index (χ1) is 4.75. The number of nitrogens with two attached hydrogens (primary N) is 1. The van der Waals surface area contributed by atoms with Crippen LogP contribution in [0.1, 0.15) is 5.56 Å². The van der Waals surface area contributed by atoms with Crippen LogP contribution < -0.4 is 5.73 Å². The van der Waals surface area contributed by atoms with Crippen molar-refractivity contribution < 1.29 is 0 Å². The molecule has 0 fully saturated rings. The van der Waals surface area contributed by atoms with Gasteiger partial charge in [-0.25, -0.2) is 0 Å². The number of aryl methyl sites for hydroxylation is 1. The van der Waals surface area contributed by atoms with Crippen molar-refractivity contribution in [3.8, 4) is 0 Å². The number of rotatable bonds is 1. The highest BCUT2D eigenvalue weighted by atomic mass is 79.9. The fraction of sp³-hybridized carbons (Fsp3) is 0.167. The van der Waals surface area contributed by atoms with Crippen LogP contribution in [0.3, 0.4) is 0 Å². The Bertz CT molecular complexity index is 251. The van der Waals surface area contributed by atoms with Gasteiger partial charge in [0.15, 0.2) is 0 Å². The Kier molecular flexibility index (Phi) is 2.11. The minimum atomic E-state index is 0.677. The van der Waals surface area contributed by atoms with Crippen molar-refractivity contribution in [2.75, 3.05) is 5.73 Å². The van der Waals surface area contributed by atoms with Gasteiger partial charge in [-0.15, -0.1) is 0 Å². The van der Waals surface area contributed by atoms with Crippen molar-refractivity contribution in [3.05, 3.63) is 16.7 Å². The third-order valence-corrected chi connectivity index (χ3v) is 1.52. The number of nitrogen functional groups attached to an aromatic ring is 1. The minimum absolute atomic E-state index is 0.677. The fourth-order valence-corrected chi connectivity index (χ4v) is 0.945. The number of nitrogens with zero attached hydrogens (tertiary/aromatic N) is 2. The van der Waals surface area contributed by atoms with Crippen molar-refractivity contribution in [3.63, 3.8) is 0 Å². The number of aromatic nitrogens is 2. The molecule has 54 valence electrons. The molecule has 0 unspecified atom stereocenters. The molecule has 10 heavy (non-hydrogen) atoms. The first-order valence-electron chi connectivity index (χ1n) is 2.80. The van der Waals surface area contributed by atoms with Gasteiger partial charge in [-0.3, -0.25) is 4.68 Å². The largest absolute Gasteiger partial charge is 0.383 e. The first-order valence-corrected chi connectivity index (χ1v) is 3.71. The Morgan fingerprint density at radius 3 is 2.90 bits per heavy atom. The van der Waals surface area contributed by atoms with Crippen LogP contribution in [0.5, 0.6) is 0 Å². The van der Waals surface area contributed by atoms with Crippen LogP contribution in [0.2, 0.25) is 0 Å². The van der Waals surface area contributed by atoms with Crippen LogP contribution in [0, 0.1) is 0 Å². The lowest BCUT2D eigenvalue weighted by Gasteiger charge is -1.92. The van der Waals surface area contributed by atoms with Crippen LogP contribution in [-0.4, -0.2) is 9.78 Å². The third-order valence-electron chi connectivity index (χ3n) is 1.26. The summed E-state index contributed by atoms with van der Waals surface area (Å²) in [6, 6.07) is 0. The van der Waals surface area contributed by atoms with E-state index in [9.17, 15) is 0 Å². The highest BCUT2D eigenvalue weighted by molar-refractivity contribution is 9.11. The van der Waals surface area contributed by atoms with Crippen LogP contribution in [-0.2, 0) is 7.05 Å². The van der Waals surface area contributed by atoms with E-state index < -0.39 is 0 Å². The summed E-state index contributed by atoms with van der Waals surface area (Å²) in [5.41, 5.74) is 6.55. The van der Waals surface area contributed by atoms with Gasteiger partial charge in [-0.1, -0.05) is 15.9 Å². The van der Waals surface area contributed by atoms with Gasteiger partial charge in [0.25, 0.3) is 0 Å². The van der Waals surface area contributed by atoms with Crippen molar-refractivity contribution in [1.29, 1.82) is 0 Å². The number of hydrogen-bond acceptors (Lipinski definition) is 2. The van der Waals surface area contributed by atoms with Crippen molar-refractivity contribution in [2.45, 2.75) is 0 Å². The molecule has 0 amide bonds. The third kappa shape index (κ3) is 1.21. The highest BCUT2D eigenvalue weighted by Crippen LogP contribution is 2.11. The molecule has 3 nitrogen and oxygen atoms in total. The van der Waals surface area contributed by atoms with Crippen molar-refractivity contribution in [1.82, 2.24) is 9.78 Å². The van der Waals surface area contributed by atoms with E-state index in [1.807, 2.05) is 6.08 Å². The van der Waals surface area contributed by atoms with Crippen LogP contribution in [0.4, 0.5) is 5.82 Å². The van der Waals surface area contributed by atoms with E-state index in [0.29, 0.717) is 5.82 Å². The quantitative estimate of drug-likeness (QED) is 0.747. The summed E-state index contributed by atoms with van der Waals surface area (Å²) in [5, 5.41) is 3.95. The Labute approximate surface area is 67.7 Å². The average molecular weight is 202 g/mol. The first kappa shape index (κ1) is 7.34. The van der Waals surface area contributed by atoms with E-state index in [2.05, 4.69) is 21.0 Å². The van der Waals surface area contributed by atoms with Gasteiger partial charge in [0.1, 0.15) is 5.82 Å². The second-order valence-corrected chi connectivity index (χ2v) is 2.43. The molecule has 1 heterocycles. The van der Waals surface area contributed by atoms with Gasteiger partial charge in [0, 0.05) is 12.6 Å². The van der Waals surface area contributed by atoms with E-state index in [-0.39, 0.29) is 0 Å². The summed E-state index contributed by atoms with van der Waals surface area (Å²) in [6.45, 7) is 0. The maximum Gasteiger partial charge on any atom is 0.128 e. The normalized spacial score (nSPS) is 11.0. The summed E-state index contributed by atoms with van der Waals surface area (Å²) < 4.78 is 1.63. The monoisotopic (exact) mass is 201 g/mol. The molecule has 0 saturated heterocycles. The molecule has 1 aromatic rings. The topological polar surface area (TPSA) is 43.8 Å². The van der Waals surface area contributed by atoms with Crippen molar-refractivity contribution >= 4 is 27.8 Å². The van der Waals surface area contributed by atoms with Crippen molar-refractivity contribution in [2.24, 2.45) is 7.05 Å². The molecule has 0 saturated carbocycles. The van der Waals surface area contributed by atoms with Gasteiger partial charge in [0.05, 0.1) is 6.20 Å². The summed E-state index contributed by atoms with van der Waals surface area (Å²) >= 11 is 3.16. The highest BCUT2D eigenvalue weighted by Gasteiger charge is 1.98. The molecule has 4 heteroatoms. The molecular weight excluding hydrogens is 194 g/mol. The minimum Gasteiger partial charge on any atom is -0.383 e. The lowest BCUT2D eigenvalue weighted by molar-refractivity contribution is 0.779. The van der Waals surface area contributed by atoms with E-state index in [4.69, 9.17) is 5.73 Å². The van der Waals surface area contributed by atoms with E-state index in [0.717, 1.165) is 5.56 Å². The zero-order valence-electron chi connectivity index (χ0n) is 5.58. The lowest BCUT2D eigenvalue weighted by atomic mass is 10.3. The molecule has 0 aliphatic rings. The molecule has 1 aromatic heterocycles.